The fourth-order valence-corrected chi connectivity index (χ4v) is 1.85. The van der Waals surface area contributed by atoms with Gasteiger partial charge in [-0.25, -0.2) is 0 Å². The van der Waals surface area contributed by atoms with E-state index in [2.05, 4.69) is 5.32 Å². The summed E-state index contributed by atoms with van der Waals surface area (Å²) in [7, 11) is 0. The number of hydrogen-bond donors (Lipinski definition) is 2. The molecule has 4 heteroatoms. The Labute approximate surface area is 124 Å². The lowest BCUT2D eigenvalue weighted by atomic mass is 10.2. The molecule has 0 fully saturated rings. The molecule has 20 heavy (non-hydrogen) atoms. The first kappa shape index (κ1) is 14.7. The number of alkyl halides is 1. The highest BCUT2D eigenvalue weighted by atomic mass is 35.5. The maximum Gasteiger partial charge on any atom is 0.119 e. The number of halogens is 1. The number of para-hydroxylation sites is 1. The first-order valence-corrected chi connectivity index (χ1v) is 7.06. The molecule has 0 saturated carbocycles. The van der Waals surface area contributed by atoms with E-state index in [-0.39, 0.29) is 5.88 Å². The van der Waals surface area contributed by atoms with E-state index in [9.17, 15) is 5.11 Å². The topological polar surface area (TPSA) is 41.5 Å². The third-order valence-corrected chi connectivity index (χ3v) is 3.15. The monoisotopic (exact) mass is 291 g/mol. The molecule has 0 aliphatic carbocycles. The van der Waals surface area contributed by atoms with E-state index in [1.165, 1.54) is 0 Å². The second kappa shape index (κ2) is 7.78. The number of rotatable bonds is 7. The van der Waals surface area contributed by atoms with Crippen molar-refractivity contribution in [2.45, 2.75) is 12.7 Å². The van der Waals surface area contributed by atoms with Gasteiger partial charge in [-0.1, -0.05) is 30.3 Å². The van der Waals surface area contributed by atoms with Crippen LogP contribution in [0.5, 0.6) is 5.75 Å². The molecule has 1 atom stereocenters. The number of nitrogens with one attached hydrogen (secondary N) is 1. The number of ether oxygens (including phenoxy) is 1. The predicted molar refractivity (Wildman–Crippen MR) is 82.4 cm³/mol. The molecule has 2 aromatic carbocycles. The fraction of sp³-hybridized carbons (Fsp3) is 0.250. The van der Waals surface area contributed by atoms with E-state index in [1.54, 1.807) is 0 Å². The maximum absolute atomic E-state index is 9.42. The van der Waals surface area contributed by atoms with E-state index in [1.807, 2.05) is 54.6 Å². The molecule has 0 spiro atoms. The van der Waals surface area contributed by atoms with Crippen molar-refractivity contribution < 1.29 is 9.84 Å². The van der Waals surface area contributed by atoms with E-state index < -0.39 is 6.10 Å². The van der Waals surface area contributed by atoms with Crippen molar-refractivity contribution in [3.63, 3.8) is 0 Å². The van der Waals surface area contributed by atoms with Crippen molar-refractivity contribution in [2.75, 3.05) is 17.7 Å². The molecule has 0 aromatic heterocycles. The highest BCUT2D eigenvalue weighted by Gasteiger charge is 2.02. The van der Waals surface area contributed by atoms with Gasteiger partial charge in [0.2, 0.25) is 0 Å². The van der Waals surface area contributed by atoms with Gasteiger partial charge in [-0.3, -0.25) is 0 Å². The van der Waals surface area contributed by atoms with E-state index in [4.69, 9.17) is 16.3 Å². The molecule has 0 amide bonds. The van der Waals surface area contributed by atoms with Crippen molar-refractivity contribution in [3.8, 4) is 5.75 Å². The Hall–Kier alpha value is -1.71. The van der Waals surface area contributed by atoms with E-state index in [0.717, 1.165) is 17.0 Å². The summed E-state index contributed by atoms with van der Waals surface area (Å²) in [4.78, 5) is 0. The van der Waals surface area contributed by atoms with Crippen LogP contribution in [0.4, 0.5) is 5.69 Å². The summed E-state index contributed by atoms with van der Waals surface area (Å²) < 4.78 is 5.70. The lowest BCUT2D eigenvalue weighted by Crippen LogP contribution is -2.20. The summed E-state index contributed by atoms with van der Waals surface area (Å²) in [6, 6.07) is 17.6. The molecule has 0 bridgehead atoms. The zero-order chi connectivity index (χ0) is 14.2. The molecule has 106 valence electrons. The normalized spacial score (nSPS) is 11.9. The first-order chi connectivity index (χ1) is 9.78. The summed E-state index contributed by atoms with van der Waals surface area (Å²) >= 11 is 5.56. The molecule has 0 radical (unpaired) electrons. The summed E-state index contributed by atoms with van der Waals surface area (Å²) in [5.74, 6) is 1.08. The van der Waals surface area contributed by atoms with Crippen LogP contribution in [0.1, 0.15) is 5.56 Å². The van der Waals surface area contributed by atoms with Gasteiger partial charge in [-0.05, 0) is 29.8 Å². The molecule has 0 aliphatic rings. The highest BCUT2D eigenvalue weighted by molar-refractivity contribution is 6.18. The summed E-state index contributed by atoms with van der Waals surface area (Å²) in [5, 5.41) is 12.6. The molecule has 3 nitrogen and oxygen atoms in total. The SMILES string of the molecule is OC(CCl)CNc1cccc(COc2ccccc2)c1. The van der Waals surface area contributed by atoms with Crippen molar-refractivity contribution in [1.82, 2.24) is 0 Å². The molecule has 2 N–H and O–H groups in total. The van der Waals surface area contributed by atoms with Gasteiger partial charge in [-0.2, -0.15) is 0 Å². The van der Waals surface area contributed by atoms with E-state index >= 15 is 0 Å². The van der Waals surface area contributed by atoms with Crippen molar-refractivity contribution in [2.24, 2.45) is 0 Å². The second-order valence-corrected chi connectivity index (χ2v) is 4.80. The van der Waals surface area contributed by atoms with Crippen LogP contribution in [-0.4, -0.2) is 23.6 Å². The first-order valence-electron chi connectivity index (χ1n) is 6.52. The van der Waals surface area contributed by atoms with Gasteiger partial charge in [0.05, 0.1) is 12.0 Å². The maximum atomic E-state index is 9.42. The van der Waals surface area contributed by atoms with Gasteiger partial charge in [0.1, 0.15) is 12.4 Å². The summed E-state index contributed by atoms with van der Waals surface area (Å²) in [6.45, 7) is 0.949. The lowest BCUT2D eigenvalue weighted by molar-refractivity contribution is 0.211. The second-order valence-electron chi connectivity index (χ2n) is 4.49. The van der Waals surface area contributed by atoms with Gasteiger partial charge in [0.15, 0.2) is 0 Å². The zero-order valence-electron chi connectivity index (χ0n) is 11.1. The Morgan fingerprint density at radius 3 is 2.65 bits per heavy atom. The smallest absolute Gasteiger partial charge is 0.119 e. The van der Waals surface area contributed by atoms with Crippen molar-refractivity contribution >= 4 is 17.3 Å². The molecule has 1 unspecified atom stereocenters. The molecule has 0 aliphatic heterocycles. The van der Waals surface area contributed by atoms with Gasteiger partial charge in [-0.15, -0.1) is 11.6 Å². The number of anilines is 1. The Morgan fingerprint density at radius 1 is 1.10 bits per heavy atom. The van der Waals surface area contributed by atoms with Crippen LogP contribution in [0, 0.1) is 0 Å². The average Bonchev–Trinajstić information content (AvgIpc) is 2.52. The molecular weight excluding hydrogens is 274 g/mol. The predicted octanol–water partition coefficient (Wildman–Crippen LogP) is 3.28. The third-order valence-electron chi connectivity index (χ3n) is 2.80. The van der Waals surface area contributed by atoms with Gasteiger partial charge in [0.25, 0.3) is 0 Å². The standard InChI is InChI=1S/C16H18ClNO2/c17-10-15(19)11-18-14-6-4-5-13(9-14)12-20-16-7-2-1-3-8-16/h1-9,15,18-19H,10-12H2. The summed E-state index contributed by atoms with van der Waals surface area (Å²) in [5.41, 5.74) is 2.02. The molecule has 0 saturated heterocycles. The van der Waals surface area contributed by atoms with Crippen molar-refractivity contribution in [1.29, 1.82) is 0 Å². The quantitative estimate of drug-likeness (QED) is 0.769. The summed E-state index contributed by atoms with van der Waals surface area (Å²) in [6.07, 6.45) is -0.541. The minimum atomic E-state index is -0.541. The number of aliphatic hydroxyl groups is 1. The van der Waals surface area contributed by atoms with Gasteiger partial charge in [0, 0.05) is 12.2 Å². The third kappa shape index (κ3) is 4.76. The molecular formula is C16H18ClNO2. The Bertz CT molecular complexity index is 519. The Kier molecular flexibility index (Phi) is 5.71. The van der Waals surface area contributed by atoms with E-state index in [0.29, 0.717) is 13.2 Å². The Morgan fingerprint density at radius 2 is 1.90 bits per heavy atom. The van der Waals surface area contributed by atoms with Crippen LogP contribution in [0.25, 0.3) is 0 Å². The van der Waals surface area contributed by atoms with Gasteiger partial charge >= 0.3 is 0 Å². The molecule has 0 heterocycles. The number of benzene rings is 2. The fourth-order valence-electron chi connectivity index (χ4n) is 1.74. The van der Waals surface area contributed by atoms with Crippen LogP contribution < -0.4 is 10.1 Å². The zero-order valence-corrected chi connectivity index (χ0v) is 11.9. The van der Waals surface area contributed by atoms with Gasteiger partial charge < -0.3 is 15.2 Å². The van der Waals surface area contributed by atoms with Crippen LogP contribution in [-0.2, 0) is 6.61 Å². The van der Waals surface area contributed by atoms with Crippen molar-refractivity contribution in [3.05, 3.63) is 60.2 Å². The molecule has 2 aromatic rings. The largest absolute Gasteiger partial charge is 0.489 e. The van der Waals surface area contributed by atoms with Crippen LogP contribution in [0.15, 0.2) is 54.6 Å². The minimum Gasteiger partial charge on any atom is -0.489 e. The van der Waals surface area contributed by atoms with Crippen LogP contribution >= 0.6 is 11.6 Å². The molecule has 2 rings (SSSR count). The van der Waals surface area contributed by atoms with Crippen LogP contribution in [0.3, 0.4) is 0 Å². The lowest BCUT2D eigenvalue weighted by Gasteiger charge is -2.11. The van der Waals surface area contributed by atoms with Crippen LogP contribution in [0.2, 0.25) is 0 Å². The Balaban J connectivity index is 1.89. The average molecular weight is 292 g/mol. The number of aliphatic hydroxyl groups excluding tert-OH is 1. The minimum absolute atomic E-state index is 0.226. The number of hydrogen-bond acceptors (Lipinski definition) is 3. The highest BCUT2D eigenvalue weighted by Crippen LogP contribution is 2.15.